The van der Waals surface area contributed by atoms with Crippen LogP contribution in [0.3, 0.4) is 0 Å². The van der Waals surface area contributed by atoms with Crippen LogP contribution in [0.4, 0.5) is 10.6 Å². The lowest BCUT2D eigenvalue weighted by atomic mass is 9.85. The van der Waals surface area contributed by atoms with Gasteiger partial charge < -0.3 is 25.7 Å². The van der Waals surface area contributed by atoms with Crippen molar-refractivity contribution in [2.75, 3.05) is 12.3 Å². The number of hydrogen-bond acceptors (Lipinski definition) is 10. The summed E-state index contributed by atoms with van der Waals surface area (Å²) in [6.45, 7) is 1.71. The summed E-state index contributed by atoms with van der Waals surface area (Å²) in [5.74, 6) is 0.0718. The number of hydrogen-bond donors (Lipinski definition) is 3. The molecule has 0 spiro atoms. The van der Waals surface area contributed by atoms with Crippen LogP contribution in [-0.2, 0) is 4.74 Å². The van der Waals surface area contributed by atoms with Gasteiger partial charge in [-0.1, -0.05) is 6.07 Å². The first-order valence-corrected chi connectivity index (χ1v) is 13.2. The first-order chi connectivity index (χ1) is 19.4. The van der Waals surface area contributed by atoms with E-state index in [9.17, 15) is 14.4 Å². The van der Waals surface area contributed by atoms with Crippen LogP contribution in [0.25, 0.3) is 16.8 Å². The molecule has 0 saturated carbocycles. The summed E-state index contributed by atoms with van der Waals surface area (Å²) in [5, 5.41) is 14.8. The highest BCUT2D eigenvalue weighted by Gasteiger charge is 2.45. The number of fused-ring (bicyclic) bond motifs is 3. The molecule has 0 aromatic carbocycles. The molecule has 0 radical (unpaired) electrons. The number of amides is 2. The maximum Gasteiger partial charge on any atom is 0.407 e. The molecule has 3 fully saturated rings. The van der Waals surface area contributed by atoms with Crippen LogP contribution in [0.5, 0.6) is 0 Å². The number of carbonyl (C=O) groups is 3. The second kappa shape index (κ2) is 9.10. The smallest absolute Gasteiger partial charge is 0.407 e. The molecule has 7 heterocycles. The molecule has 4 atom stereocenters. The minimum atomic E-state index is -0.464. The van der Waals surface area contributed by atoms with Gasteiger partial charge in [0.25, 0.3) is 5.91 Å². The third-order valence-electron chi connectivity index (χ3n) is 8.16. The average molecular weight is 543 g/mol. The fourth-order valence-corrected chi connectivity index (χ4v) is 6.37. The lowest BCUT2D eigenvalue weighted by Crippen LogP contribution is -2.46. The van der Waals surface area contributed by atoms with Crippen LogP contribution in [0.1, 0.15) is 76.9 Å². The zero-order valence-corrected chi connectivity index (χ0v) is 21.6. The number of rotatable bonds is 5. The fourth-order valence-electron chi connectivity index (χ4n) is 6.37. The minimum absolute atomic E-state index is 0.00147. The molecule has 4 N–H and O–H groups in total. The number of anilines is 1. The number of piperidine rings is 1. The van der Waals surface area contributed by atoms with Gasteiger partial charge in [-0.3, -0.25) is 14.6 Å². The van der Waals surface area contributed by atoms with Gasteiger partial charge in [-0.15, -0.1) is 10.2 Å². The minimum Gasteiger partial charge on any atom is -0.447 e. The molecule has 3 aliphatic rings. The van der Waals surface area contributed by atoms with Crippen LogP contribution in [0, 0.1) is 0 Å². The lowest BCUT2D eigenvalue weighted by Gasteiger charge is -2.38. The molecule has 2 amide bonds. The Bertz CT molecular complexity index is 1630. The number of Topliss-reactive ketones (excluding diaryl/α,β-unsaturated/α-hetero) is 1. The Morgan fingerprint density at radius 2 is 1.95 bits per heavy atom. The Morgan fingerprint density at radius 1 is 1.15 bits per heavy atom. The quantitative estimate of drug-likeness (QED) is 0.315. The first kappa shape index (κ1) is 24.2. The van der Waals surface area contributed by atoms with Crippen molar-refractivity contribution in [1.29, 1.82) is 0 Å². The van der Waals surface area contributed by atoms with Gasteiger partial charge in [0.2, 0.25) is 5.82 Å². The molecule has 4 aromatic heterocycles. The van der Waals surface area contributed by atoms with Gasteiger partial charge >= 0.3 is 6.09 Å². The molecular weight excluding hydrogens is 516 g/mol. The second-order valence-corrected chi connectivity index (χ2v) is 10.5. The number of nitrogens with two attached hydrogens (primary N) is 1. The van der Waals surface area contributed by atoms with E-state index in [1.165, 1.54) is 17.8 Å². The van der Waals surface area contributed by atoms with E-state index in [1.54, 1.807) is 12.4 Å². The molecule has 0 aliphatic carbocycles. The van der Waals surface area contributed by atoms with Gasteiger partial charge in [0.1, 0.15) is 24.8 Å². The van der Waals surface area contributed by atoms with Gasteiger partial charge in [-0.05, 0) is 38.7 Å². The summed E-state index contributed by atoms with van der Waals surface area (Å²) in [6, 6.07) is 3.41. The predicted molar refractivity (Wildman–Crippen MR) is 139 cm³/mol. The van der Waals surface area contributed by atoms with Crippen LogP contribution < -0.4 is 11.1 Å². The molecule has 3 aliphatic heterocycles. The molecular formula is C26H26N10O4. The number of cyclic esters (lactones) is 1. The van der Waals surface area contributed by atoms with Crippen molar-refractivity contribution in [3.05, 3.63) is 53.6 Å². The maximum atomic E-state index is 13.1. The number of ketones is 1. The Morgan fingerprint density at radius 3 is 2.58 bits per heavy atom. The maximum absolute atomic E-state index is 13.1. The third-order valence-corrected chi connectivity index (χ3v) is 8.16. The Balaban J connectivity index is 1.24. The molecule has 3 saturated heterocycles. The number of nitrogen functional groups attached to an aromatic ring is 1. The Kier molecular flexibility index (Phi) is 5.50. The van der Waals surface area contributed by atoms with Gasteiger partial charge in [-0.25, -0.2) is 9.78 Å². The summed E-state index contributed by atoms with van der Waals surface area (Å²) < 4.78 is 6.46. The number of alkyl carbamates (subject to hydrolysis) is 1. The van der Waals surface area contributed by atoms with Crippen LogP contribution >= 0.6 is 0 Å². The lowest BCUT2D eigenvalue weighted by molar-refractivity contribution is 0.0556. The largest absolute Gasteiger partial charge is 0.447 e. The van der Waals surface area contributed by atoms with E-state index < -0.39 is 6.09 Å². The molecule has 14 heteroatoms. The predicted octanol–water partition coefficient (Wildman–Crippen LogP) is 2.03. The van der Waals surface area contributed by atoms with Gasteiger partial charge in [0.15, 0.2) is 11.4 Å². The second-order valence-electron chi connectivity index (χ2n) is 10.5. The number of H-pyrrole nitrogens is 1. The molecule has 14 nitrogen and oxygen atoms in total. The first-order valence-electron chi connectivity index (χ1n) is 13.2. The van der Waals surface area contributed by atoms with E-state index >= 15 is 0 Å². The van der Waals surface area contributed by atoms with Crippen molar-refractivity contribution >= 4 is 29.2 Å². The number of nitrogens with zero attached hydrogens (tertiary/aromatic N) is 7. The fraction of sp³-hybridized carbons (Fsp3) is 0.385. The van der Waals surface area contributed by atoms with E-state index in [0.29, 0.717) is 35.4 Å². The number of nitrogens with one attached hydrogen (secondary N) is 2. The van der Waals surface area contributed by atoms with E-state index in [-0.39, 0.29) is 54.0 Å². The van der Waals surface area contributed by atoms with Crippen molar-refractivity contribution in [3.8, 4) is 11.1 Å². The number of ether oxygens (including phenoxy) is 1. The third kappa shape index (κ3) is 3.78. The molecule has 4 aromatic rings. The Labute approximate surface area is 227 Å². The molecule has 7 rings (SSSR count). The SMILES string of the molecule is CC(=O)c1c(C2C[C@H]3CC[C@@H](C2)N3C(=O)c2nnc[nH]2)nc2c(-c3ccc(C4COC(=O)N4)nc3)cnn2c1N. The topological polar surface area (TPSA) is 186 Å². The van der Waals surface area contributed by atoms with Crippen molar-refractivity contribution in [2.24, 2.45) is 0 Å². The van der Waals surface area contributed by atoms with Gasteiger partial charge in [0, 0.05) is 35.3 Å². The number of carbonyl (C=O) groups excluding carboxylic acids is 3. The van der Waals surface area contributed by atoms with Crippen LogP contribution in [-0.4, -0.2) is 76.1 Å². The van der Waals surface area contributed by atoms with E-state index in [2.05, 4.69) is 30.6 Å². The van der Waals surface area contributed by atoms with Crippen LogP contribution in [0.2, 0.25) is 0 Å². The van der Waals surface area contributed by atoms with Crippen LogP contribution in [0.15, 0.2) is 30.9 Å². The highest BCUT2D eigenvalue weighted by atomic mass is 16.6. The van der Waals surface area contributed by atoms with Crippen molar-refractivity contribution in [1.82, 2.24) is 45.0 Å². The van der Waals surface area contributed by atoms with E-state index in [1.807, 2.05) is 17.0 Å². The van der Waals surface area contributed by atoms with Crippen molar-refractivity contribution in [3.63, 3.8) is 0 Å². The van der Waals surface area contributed by atoms with Crippen molar-refractivity contribution in [2.45, 2.75) is 56.7 Å². The monoisotopic (exact) mass is 542 g/mol. The van der Waals surface area contributed by atoms with E-state index in [0.717, 1.165) is 24.0 Å². The zero-order chi connectivity index (χ0) is 27.5. The summed E-state index contributed by atoms with van der Waals surface area (Å²) in [7, 11) is 0. The number of aromatic nitrogens is 7. The summed E-state index contributed by atoms with van der Waals surface area (Å²) in [6.07, 6.45) is 7.35. The average Bonchev–Trinajstić information content (AvgIpc) is 3.75. The molecule has 40 heavy (non-hydrogen) atoms. The van der Waals surface area contributed by atoms with E-state index in [4.69, 9.17) is 15.5 Å². The summed E-state index contributed by atoms with van der Waals surface area (Å²) in [4.78, 5) is 51.6. The highest BCUT2D eigenvalue weighted by Crippen LogP contribution is 2.45. The Hall–Kier alpha value is -4.88. The molecule has 2 bridgehead atoms. The van der Waals surface area contributed by atoms with Gasteiger partial charge in [0.05, 0.1) is 23.1 Å². The molecule has 2 unspecified atom stereocenters. The number of pyridine rings is 1. The van der Waals surface area contributed by atoms with Gasteiger partial charge in [-0.2, -0.15) is 9.61 Å². The zero-order valence-electron chi connectivity index (χ0n) is 21.6. The number of aromatic amines is 1. The standard InChI is InChI=1S/C26H26N10O4/c1-12(37)20-21(14-6-15-3-4-16(7-14)35(15)25(38)23-29-11-30-34-23)33-24-17(9-31-36(24)22(20)27)13-2-5-18(28-8-13)19-10-40-26(39)32-19/h2,5,8-9,11,14-16,19H,3-4,6-7,10,27H2,1H3,(H,32,39)(H,29,30,34)/t14?,15-,16+,19?. The summed E-state index contributed by atoms with van der Waals surface area (Å²) >= 11 is 0. The highest BCUT2D eigenvalue weighted by molar-refractivity contribution is 6.00. The normalized spacial score (nSPS) is 23.8. The summed E-state index contributed by atoms with van der Waals surface area (Å²) in [5.41, 5.74) is 10.2. The molecule has 204 valence electrons. The van der Waals surface area contributed by atoms with Crippen molar-refractivity contribution < 1.29 is 19.1 Å².